The SMILES string of the molecule is CCCCc1nc2c3c(ccc2nc1C)NC(=O)/C3=C/c1[nH]ccc1OC. The maximum Gasteiger partial charge on any atom is 0.256 e. The lowest BCUT2D eigenvalue weighted by molar-refractivity contribution is -0.110. The average molecular weight is 362 g/mol. The summed E-state index contributed by atoms with van der Waals surface area (Å²) >= 11 is 0. The van der Waals surface area contributed by atoms with Crippen molar-refractivity contribution < 1.29 is 9.53 Å². The van der Waals surface area contributed by atoms with E-state index in [-0.39, 0.29) is 5.91 Å². The highest BCUT2D eigenvalue weighted by atomic mass is 16.5. The lowest BCUT2D eigenvalue weighted by Crippen LogP contribution is -2.03. The van der Waals surface area contributed by atoms with Crippen molar-refractivity contribution in [2.45, 2.75) is 33.1 Å². The van der Waals surface area contributed by atoms with Gasteiger partial charge in [-0.25, -0.2) is 9.97 Å². The van der Waals surface area contributed by atoms with Gasteiger partial charge in [0.1, 0.15) is 5.75 Å². The second kappa shape index (κ2) is 6.87. The molecular weight excluding hydrogens is 340 g/mol. The maximum atomic E-state index is 12.6. The van der Waals surface area contributed by atoms with E-state index in [0.29, 0.717) is 11.3 Å². The van der Waals surface area contributed by atoms with Gasteiger partial charge in [-0.1, -0.05) is 13.3 Å². The molecule has 1 aliphatic heterocycles. The summed E-state index contributed by atoms with van der Waals surface area (Å²) in [5, 5.41) is 2.94. The second-order valence-corrected chi connectivity index (χ2v) is 6.69. The first-order valence-corrected chi connectivity index (χ1v) is 9.17. The van der Waals surface area contributed by atoms with Gasteiger partial charge >= 0.3 is 0 Å². The Balaban J connectivity index is 1.91. The molecule has 0 bridgehead atoms. The Bertz CT molecular complexity index is 1070. The van der Waals surface area contributed by atoms with Crippen molar-refractivity contribution in [1.82, 2.24) is 15.0 Å². The Morgan fingerprint density at radius 2 is 2.07 bits per heavy atom. The number of hydrogen-bond acceptors (Lipinski definition) is 4. The third-order valence-corrected chi connectivity index (χ3v) is 4.89. The van der Waals surface area contributed by atoms with Crippen LogP contribution in [0.5, 0.6) is 5.75 Å². The molecule has 0 aliphatic carbocycles. The number of anilines is 1. The monoisotopic (exact) mass is 362 g/mol. The van der Waals surface area contributed by atoms with Gasteiger partial charge in [0.15, 0.2) is 0 Å². The van der Waals surface area contributed by atoms with E-state index < -0.39 is 0 Å². The number of carbonyl (C=O) groups is 1. The summed E-state index contributed by atoms with van der Waals surface area (Å²) in [6.45, 7) is 4.16. The van der Waals surface area contributed by atoms with Crippen molar-refractivity contribution in [3.8, 4) is 5.75 Å². The van der Waals surface area contributed by atoms with Gasteiger partial charge in [0.2, 0.25) is 0 Å². The van der Waals surface area contributed by atoms with Crippen LogP contribution in [0.1, 0.15) is 42.4 Å². The lowest BCUT2D eigenvalue weighted by Gasteiger charge is -2.09. The van der Waals surface area contributed by atoms with Crippen molar-refractivity contribution in [2.24, 2.45) is 0 Å². The number of aromatic amines is 1. The van der Waals surface area contributed by atoms with Gasteiger partial charge in [-0.2, -0.15) is 0 Å². The van der Waals surface area contributed by atoms with E-state index in [1.807, 2.05) is 31.2 Å². The number of amides is 1. The topological polar surface area (TPSA) is 79.9 Å². The van der Waals surface area contributed by atoms with E-state index in [2.05, 4.69) is 17.2 Å². The van der Waals surface area contributed by atoms with E-state index in [9.17, 15) is 4.79 Å². The molecule has 0 atom stereocenters. The highest BCUT2D eigenvalue weighted by molar-refractivity contribution is 6.37. The fourth-order valence-corrected chi connectivity index (χ4v) is 3.45. The van der Waals surface area contributed by atoms with Crippen LogP contribution in [-0.4, -0.2) is 28.0 Å². The van der Waals surface area contributed by atoms with Crippen LogP contribution in [0, 0.1) is 6.92 Å². The number of unbranched alkanes of at least 4 members (excludes halogenated alkanes) is 1. The molecule has 0 fully saturated rings. The van der Waals surface area contributed by atoms with Crippen LogP contribution in [0.25, 0.3) is 22.7 Å². The van der Waals surface area contributed by atoms with Gasteiger partial charge in [-0.05, 0) is 44.0 Å². The molecule has 0 radical (unpaired) electrons. The minimum atomic E-state index is -0.147. The third kappa shape index (κ3) is 2.97. The molecule has 3 aromatic rings. The molecule has 1 aliphatic rings. The summed E-state index contributed by atoms with van der Waals surface area (Å²) in [5.41, 5.74) is 6.39. The van der Waals surface area contributed by atoms with Crippen LogP contribution >= 0.6 is 0 Å². The van der Waals surface area contributed by atoms with Gasteiger partial charge < -0.3 is 15.0 Å². The molecule has 2 aromatic heterocycles. The average Bonchev–Trinajstić information content (AvgIpc) is 3.24. The summed E-state index contributed by atoms with van der Waals surface area (Å²) < 4.78 is 5.35. The summed E-state index contributed by atoms with van der Waals surface area (Å²) in [6.07, 6.45) is 6.65. The van der Waals surface area contributed by atoms with E-state index in [1.54, 1.807) is 13.3 Å². The Kier molecular flexibility index (Phi) is 4.39. The lowest BCUT2D eigenvalue weighted by atomic mass is 10.0. The third-order valence-electron chi connectivity index (χ3n) is 4.89. The van der Waals surface area contributed by atoms with Gasteiger partial charge in [-0.3, -0.25) is 4.79 Å². The van der Waals surface area contributed by atoms with Gasteiger partial charge in [0, 0.05) is 11.8 Å². The zero-order chi connectivity index (χ0) is 19.0. The first-order valence-electron chi connectivity index (χ1n) is 9.17. The smallest absolute Gasteiger partial charge is 0.256 e. The Morgan fingerprint density at radius 1 is 1.22 bits per heavy atom. The Labute approximate surface area is 157 Å². The number of H-pyrrole nitrogens is 1. The van der Waals surface area contributed by atoms with E-state index >= 15 is 0 Å². The first-order chi connectivity index (χ1) is 13.1. The molecule has 4 rings (SSSR count). The molecule has 6 heteroatoms. The zero-order valence-electron chi connectivity index (χ0n) is 15.7. The van der Waals surface area contributed by atoms with Crippen molar-refractivity contribution in [3.63, 3.8) is 0 Å². The molecule has 1 amide bonds. The number of carbonyl (C=O) groups excluding carboxylic acids is 1. The minimum absolute atomic E-state index is 0.147. The van der Waals surface area contributed by atoms with E-state index in [1.165, 1.54) is 0 Å². The predicted molar refractivity (Wildman–Crippen MR) is 107 cm³/mol. The van der Waals surface area contributed by atoms with E-state index in [0.717, 1.165) is 58.6 Å². The number of benzene rings is 1. The fraction of sp³-hybridized carbons (Fsp3) is 0.286. The number of methoxy groups -OCH3 is 1. The predicted octanol–water partition coefficient (Wildman–Crippen LogP) is 4.11. The molecule has 0 saturated carbocycles. The molecule has 0 spiro atoms. The highest BCUT2D eigenvalue weighted by Gasteiger charge is 2.28. The van der Waals surface area contributed by atoms with Crippen LogP contribution in [0.4, 0.5) is 5.69 Å². The first kappa shape index (κ1) is 17.3. The molecule has 0 unspecified atom stereocenters. The number of rotatable bonds is 5. The summed E-state index contributed by atoms with van der Waals surface area (Å²) in [5.74, 6) is 0.543. The van der Waals surface area contributed by atoms with Crippen LogP contribution in [0.3, 0.4) is 0 Å². The minimum Gasteiger partial charge on any atom is -0.495 e. The molecule has 3 heterocycles. The Morgan fingerprint density at radius 3 is 2.85 bits per heavy atom. The largest absolute Gasteiger partial charge is 0.495 e. The number of ether oxygens (including phenoxy) is 1. The normalized spacial score (nSPS) is 14.6. The van der Waals surface area contributed by atoms with Crippen LogP contribution < -0.4 is 10.1 Å². The molecule has 1 aromatic carbocycles. The van der Waals surface area contributed by atoms with Crippen LogP contribution in [0.15, 0.2) is 24.4 Å². The molecular formula is C21H22N4O2. The number of hydrogen-bond donors (Lipinski definition) is 2. The molecule has 0 saturated heterocycles. The van der Waals surface area contributed by atoms with Crippen molar-refractivity contribution in [1.29, 1.82) is 0 Å². The number of aryl methyl sites for hydroxylation is 2. The van der Waals surface area contributed by atoms with Crippen LogP contribution in [0.2, 0.25) is 0 Å². The molecule has 138 valence electrons. The number of fused-ring (bicyclic) bond motifs is 3. The van der Waals surface area contributed by atoms with Crippen molar-refractivity contribution in [2.75, 3.05) is 12.4 Å². The second-order valence-electron chi connectivity index (χ2n) is 6.69. The Hall–Kier alpha value is -3.15. The molecule has 6 nitrogen and oxygen atoms in total. The molecule has 27 heavy (non-hydrogen) atoms. The van der Waals surface area contributed by atoms with Crippen molar-refractivity contribution in [3.05, 3.63) is 47.0 Å². The fourth-order valence-electron chi connectivity index (χ4n) is 3.45. The zero-order valence-corrected chi connectivity index (χ0v) is 15.7. The number of nitrogens with zero attached hydrogens (tertiary/aromatic N) is 2. The maximum absolute atomic E-state index is 12.6. The summed E-state index contributed by atoms with van der Waals surface area (Å²) in [6, 6.07) is 5.63. The van der Waals surface area contributed by atoms with E-state index in [4.69, 9.17) is 14.7 Å². The number of aromatic nitrogens is 3. The summed E-state index contributed by atoms with van der Waals surface area (Å²) in [7, 11) is 1.61. The van der Waals surface area contributed by atoms with Crippen molar-refractivity contribution >= 4 is 34.3 Å². The highest BCUT2D eigenvalue weighted by Crippen LogP contribution is 2.38. The van der Waals surface area contributed by atoms with Crippen LogP contribution in [-0.2, 0) is 11.2 Å². The standard InChI is InChI=1S/C21H22N4O2/c1-4-5-6-14-12(2)23-16-8-7-15-19(20(16)24-14)13(21(26)25-15)11-17-18(27-3)9-10-22-17/h7-11,22H,4-6H2,1-3H3,(H,25,26)/b13-11+. The molecule has 2 N–H and O–H groups in total. The summed E-state index contributed by atoms with van der Waals surface area (Å²) in [4.78, 5) is 25.4. The van der Waals surface area contributed by atoms with Gasteiger partial charge in [0.05, 0.1) is 46.5 Å². The quantitative estimate of drug-likeness (QED) is 0.670. The van der Waals surface area contributed by atoms with Gasteiger partial charge in [0.25, 0.3) is 5.91 Å². The van der Waals surface area contributed by atoms with Gasteiger partial charge in [-0.15, -0.1) is 0 Å². The number of nitrogens with one attached hydrogen (secondary N) is 2.